The molecule has 0 fully saturated rings. The molecule has 122 valence electrons. The van der Waals surface area contributed by atoms with Crippen LogP contribution >= 0.6 is 22.6 Å². The Hall–Kier alpha value is -2.15. The Morgan fingerprint density at radius 2 is 1.92 bits per heavy atom. The first-order valence-electron chi connectivity index (χ1n) is 7.57. The number of pyridine rings is 1. The van der Waals surface area contributed by atoms with Gasteiger partial charge in [-0.15, -0.1) is 0 Å². The van der Waals surface area contributed by atoms with Crippen molar-refractivity contribution in [1.82, 2.24) is 10.3 Å². The second-order valence-corrected chi connectivity index (χ2v) is 6.87. The number of rotatable bonds is 3. The number of dihydropyridines is 1. The van der Waals surface area contributed by atoms with E-state index in [0.29, 0.717) is 11.3 Å². The number of aliphatic carboxylic acids is 1. The lowest BCUT2D eigenvalue weighted by atomic mass is 9.78. The number of carboxylic acid groups (broad SMARTS) is 1. The molecule has 1 unspecified atom stereocenters. The first-order valence-corrected chi connectivity index (χ1v) is 8.65. The molecule has 5 heteroatoms. The van der Waals surface area contributed by atoms with Crippen LogP contribution in [0.15, 0.2) is 65.8 Å². The molecule has 0 saturated carbocycles. The monoisotopic (exact) mass is 432 g/mol. The largest absolute Gasteiger partial charge is 0.478 e. The molecule has 1 aliphatic heterocycles. The average Bonchev–Trinajstić information content (AvgIpc) is 2.55. The fourth-order valence-corrected chi connectivity index (χ4v) is 3.90. The summed E-state index contributed by atoms with van der Waals surface area (Å²) in [4.78, 5) is 16.2. The molecule has 2 heterocycles. The normalized spacial score (nSPS) is 17.7. The minimum absolute atomic E-state index is 0.332. The number of nitrogens with zero attached hydrogens (tertiary/aromatic N) is 1. The van der Waals surface area contributed by atoms with Crippen LogP contribution in [0.25, 0.3) is 5.57 Å². The number of carbonyl (C=O) groups is 1. The van der Waals surface area contributed by atoms with E-state index < -0.39 is 5.97 Å². The Morgan fingerprint density at radius 3 is 2.54 bits per heavy atom. The molecule has 0 aliphatic carbocycles. The third-order valence-electron chi connectivity index (χ3n) is 4.18. The van der Waals surface area contributed by atoms with Crippen molar-refractivity contribution in [1.29, 1.82) is 0 Å². The summed E-state index contributed by atoms with van der Waals surface area (Å²) in [6.07, 6.45) is 3.50. The van der Waals surface area contributed by atoms with Gasteiger partial charge in [-0.3, -0.25) is 4.98 Å². The summed E-state index contributed by atoms with van der Waals surface area (Å²) in [6, 6.07) is 11.7. The molecule has 2 N–H and O–H groups in total. The summed E-state index contributed by atoms with van der Waals surface area (Å²) in [6.45, 7) is 3.79. The van der Waals surface area contributed by atoms with Gasteiger partial charge in [0.15, 0.2) is 0 Å². The Kier molecular flexibility index (Phi) is 4.71. The molecule has 2 aromatic rings. The molecule has 0 spiro atoms. The number of aromatic nitrogens is 1. The van der Waals surface area contributed by atoms with Gasteiger partial charge in [0.05, 0.1) is 5.57 Å². The van der Waals surface area contributed by atoms with Crippen molar-refractivity contribution < 1.29 is 9.90 Å². The summed E-state index contributed by atoms with van der Waals surface area (Å²) >= 11 is 2.27. The average molecular weight is 432 g/mol. The lowest BCUT2D eigenvalue weighted by Gasteiger charge is -2.31. The standard InChI is InChI=1S/C19H17IN2O2/c1-11-16(13-6-5-9-21-10-13)18(14-7-3-4-8-15(14)20)17(19(23)24)12(2)22-11/h3-10,18,22H,1-2H3,(H,23,24). The number of halogens is 1. The van der Waals surface area contributed by atoms with E-state index in [2.05, 4.69) is 32.9 Å². The first kappa shape index (κ1) is 16.7. The maximum atomic E-state index is 12.0. The Labute approximate surface area is 154 Å². The van der Waals surface area contributed by atoms with Crippen molar-refractivity contribution >= 4 is 34.1 Å². The number of hydrogen-bond acceptors (Lipinski definition) is 3. The first-order chi connectivity index (χ1) is 11.5. The van der Waals surface area contributed by atoms with Gasteiger partial charge >= 0.3 is 5.97 Å². The van der Waals surface area contributed by atoms with E-state index in [-0.39, 0.29) is 5.92 Å². The third-order valence-corrected chi connectivity index (χ3v) is 5.16. The molecule has 1 atom stereocenters. The van der Waals surface area contributed by atoms with Crippen LogP contribution in [0.1, 0.15) is 30.9 Å². The van der Waals surface area contributed by atoms with Gasteiger partial charge in [-0.1, -0.05) is 24.3 Å². The Bertz CT molecular complexity index is 857. The Balaban J connectivity index is 2.28. The highest BCUT2D eigenvalue weighted by Gasteiger charge is 2.34. The van der Waals surface area contributed by atoms with Crippen LogP contribution in [-0.2, 0) is 4.79 Å². The second-order valence-electron chi connectivity index (χ2n) is 5.70. The van der Waals surface area contributed by atoms with E-state index >= 15 is 0 Å². The van der Waals surface area contributed by atoms with Crippen LogP contribution in [0.3, 0.4) is 0 Å². The molecule has 1 aromatic carbocycles. The van der Waals surface area contributed by atoms with Crippen LogP contribution in [0.2, 0.25) is 0 Å². The van der Waals surface area contributed by atoms with Crippen LogP contribution in [0.5, 0.6) is 0 Å². The van der Waals surface area contributed by atoms with E-state index in [1.54, 1.807) is 12.4 Å². The van der Waals surface area contributed by atoms with Crippen LogP contribution in [0, 0.1) is 3.57 Å². The van der Waals surface area contributed by atoms with E-state index in [1.165, 1.54) is 0 Å². The van der Waals surface area contributed by atoms with Gasteiger partial charge in [0.25, 0.3) is 0 Å². The molecule has 0 radical (unpaired) electrons. The molecule has 24 heavy (non-hydrogen) atoms. The van der Waals surface area contributed by atoms with E-state index in [0.717, 1.165) is 26.0 Å². The molecule has 3 rings (SSSR count). The zero-order valence-electron chi connectivity index (χ0n) is 13.4. The predicted octanol–water partition coefficient (Wildman–Crippen LogP) is 4.16. The minimum atomic E-state index is -0.904. The van der Waals surface area contributed by atoms with Crippen molar-refractivity contribution in [3.8, 4) is 0 Å². The van der Waals surface area contributed by atoms with Gasteiger partial charge in [-0.05, 0) is 65.3 Å². The summed E-state index contributed by atoms with van der Waals surface area (Å²) in [5, 5.41) is 13.1. The molecule has 1 aromatic heterocycles. The molecule has 4 nitrogen and oxygen atoms in total. The van der Waals surface area contributed by atoms with Gasteiger partial charge in [-0.2, -0.15) is 0 Å². The van der Waals surface area contributed by atoms with E-state index in [9.17, 15) is 9.90 Å². The van der Waals surface area contributed by atoms with Crippen molar-refractivity contribution in [3.63, 3.8) is 0 Å². The second kappa shape index (κ2) is 6.76. The topological polar surface area (TPSA) is 62.2 Å². The quantitative estimate of drug-likeness (QED) is 0.716. The summed E-state index contributed by atoms with van der Waals surface area (Å²) in [7, 11) is 0. The fraction of sp³-hybridized carbons (Fsp3) is 0.158. The third kappa shape index (κ3) is 2.96. The fourth-order valence-electron chi connectivity index (χ4n) is 3.20. The van der Waals surface area contributed by atoms with Gasteiger partial charge in [0.1, 0.15) is 0 Å². The van der Waals surface area contributed by atoms with Crippen molar-refractivity contribution in [2.45, 2.75) is 19.8 Å². The van der Waals surface area contributed by atoms with Crippen LogP contribution in [0.4, 0.5) is 0 Å². The van der Waals surface area contributed by atoms with E-state index in [4.69, 9.17) is 0 Å². The van der Waals surface area contributed by atoms with E-state index in [1.807, 2.05) is 50.2 Å². The van der Waals surface area contributed by atoms with Crippen molar-refractivity contribution in [3.05, 3.63) is 80.5 Å². The maximum Gasteiger partial charge on any atom is 0.334 e. The zero-order chi connectivity index (χ0) is 17.3. The van der Waals surface area contributed by atoms with Crippen LogP contribution in [-0.4, -0.2) is 16.1 Å². The highest BCUT2D eigenvalue weighted by atomic mass is 127. The van der Waals surface area contributed by atoms with Gasteiger partial charge in [-0.25, -0.2) is 4.79 Å². The van der Waals surface area contributed by atoms with Gasteiger partial charge in [0.2, 0.25) is 0 Å². The molecule has 0 bridgehead atoms. The lowest BCUT2D eigenvalue weighted by Crippen LogP contribution is -2.27. The number of carboxylic acids is 1. The molecule has 1 aliphatic rings. The summed E-state index contributed by atoms with van der Waals surface area (Å²) in [5.41, 5.74) is 4.89. The molecule has 0 saturated heterocycles. The minimum Gasteiger partial charge on any atom is -0.478 e. The highest BCUT2D eigenvalue weighted by molar-refractivity contribution is 14.1. The number of allylic oxidation sites excluding steroid dienone is 3. The SMILES string of the molecule is CC1=C(C(=O)O)C(c2ccccc2I)C(c2cccnc2)=C(C)N1. The molecular formula is C19H17IN2O2. The molecule has 0 amide bonds. The summed E-state index contributed by atoms with van der Waals surface area (Å²) < 4.78 is 1.04. The van der Waals surface area contributed by atoms with Crippen LogP contribution < -0.4 is 5.32 Å². The molecular weight excluding hydrogens is 415 g/mol. The van der Waals surface area contributed by atoms with Crippen molar-refractivity contribution in [2.24, 2.45) is 0 Å². The lowest BCUT2D eigenvalue weighted by molar-refractivity contribution is -0.132. The van der Waals surface area contributed by atoms with Gasteiger partial charge in [0, 0.05) is 33.3 Å². The smallest absolute Gasteiger partial charge is 0.334 e. The number of nitrogens with one attached hydrogen (secondary N) is 1. The maximum absolute atomic E-state index is 12.0. The highest BCUT2D eigenvalue weighted by Crippen LogP contribution is 2.44. The predicted molar refractivity (Wildman–Crippen MR) is 102 cm³/mol. The zero-order valence-corrected chi connectivity index (χ0v) is 15.5. The van der Waals surface area contributed by atoms with Crippen molar-refractivity contribution in [2.75, 3.05) is 0 Å². The number of hydrogen-bond donors (Lipinski definition) is 2. The Morgan fingerprint density at radius 1 is 1.17 bits per heavy atom. The number of benzene rings is 1. The van der Waals surface area contributed by atoms with Gasteiger partial charge < -0.3 is 10.4 Å². The summed E-state index contributed by atoms with van der Waals surface area (Å²) in [5.74, 6) is -1.24.